The first kappa shape index (κ1) is 11.5. The van der Waals surface area contributed by atoms with Gasteiger partial charge in [-0.2, -0.15) is 0 Å². The maximum atomic E-state index is 8.00. The Hall–Kier alpha value is -1.55. The fraction of sp³-hybridized carbons (Fsp3) is 0.364. The molecule has 1 aliphatic rings. The lowest BCUT2D eigenvalue weighted by Gasteiger charge is -2.28. The van der Waals surface area contributed by atoms with Crippen molar-refractivity contribution in [2.75, 3.05) is 36.9 Å². The zero-order valence-electron chi connectivity index (χ0n) is 8.69. The maximum Gasteiger partial charge on any atom is 0.106 e. The molecule has 1 aliphatic heterocycles. The molecular formula is C11H16N2O2. The molecule has 0 spiro atoms. The number of carbonyl (C=O) groups excluding carboxylic acids is 1. The van der Waals surface area contributed by atoms with Crippen LogP contribution in [-0.4, -0.2) is 33.1 Å². The van der Waals surface area contributed by atoms with Crippen LogP contribution in [0.4, 0.5) is 11.4 Å². The van der Waals surface area contributed by atoms with Crippen molar-refractivity contribution in [2.24, 2.45) is 0 Å². The van der Waals surface area contributed by atoms with Crippen molar-refractivity contribution in [2.45, 2.75) is 0 Å². The summed E-state index contributed by atoms with van der Waals surface area (Å²) in [6.45, 7) is 5.60. The highest BCUT2D eigenvalue weighted by Crippen LogP contribution is 2.16. The highest BCUT2D eigenvalue weighted by molar-refractivity contribution is 5.53. The third kappa shape index (κ3) is 3.25. The van der Waals surface area contributed by atoms with Crippen LogP contribution in [0.25, 0.3) is 0 Å². The van der Waals surface area contributed by atoms with E-state index < -0.39 is 0 Å². The summed E-state index contributed by atoms with van der Waals surface area (Å²) >= 11 is 0. The topological polar surface area (TPSA) is 55.6 Å². The Bertz CT molecular complexity index is 281. The van der Waals surface area contributed by atoms with Crippen LogP contribution in [0.15, 0.2) is 24.3 Å². The minimum Gasteiger partial charge on any atom is -0.399 e. The lowest BCUT2D eigenvalue weighted by atomic mass is 10.2. The molecule has 1 saturated heterocycles. The monoisotopic (exact) mass is 208 g/mol. The average Bonchev–Trinajstić information content (AvgIpc) is 2.34. The Labute approximate surface area is 89.6 Å². The standard InChI is InChI=1S/C10H14N2O.CH2O/c11-9-1-3-10(4-2-9)12-5-7-13-8-6-12;1-2/h1-4H,5-8,11H2;1H2. The van der Waals surface area contributed by atoms with E-state index in [2.05, 4.69) is 17.0 Å². The van der Waals surface area contributed by atoms with Crippen LogP contribution in [0.1, 0.15) is 0 Å². The van der Waals surface area contributed by atoms with E-state index in [9.17, 15) is 0 Å². The molecule has 0 saturated carbocycles. The third-order valence-corrected chi connectivity index (χ3v) is 2.27. The van der Waals surface area contributed by atoms with Gasteiger partial charge in [0.1, 0.15) is 6.79 Å². The van der Waals surface area contributed by atoms with Gasteiger partial charge in [0.2, 0.25) is 0 Å². The largest absolute Gasteiger partial charge is 0.399 e. The van der Waals surface area contributed by atoms with E-state index in [4.69, 9.17) is 15.3 Å². The van der Waals surface area contributed by atoms with Crippen LogP contribution in [0.5, 0.6) is 0 Å². The molecule has 0 aromatic heterocycles. The minimum absolute atomic E-state index is 0.817. The van der Waals surface area contributed by atoms with Crippen molar-refractivity contribution < 1.29 is 9.53 Å². The van der Waals surface area contributed by atoms with Crippen LogP contribution in [0.2, 0.25) is 0 Å². The number of nitrogens with two attached hydrogens (primary N) is 1. The smallest absolute Gasteiger partial charge is 0.106 e. The highest BCUT2D eigenvalue weighted by atomic mass is 16.5. The van der Waals surface area contributed by atoms with Crippen LogP contribution in [0.3, 0.4) is 0 Å². The summed E-state index contributed by atoms with van der Waals surface area (Å²) in [7, 11) is 0. The van der Waals surface area contributed by atoms with Gasteiger partial charge in [-0.15, -0.1) is 0 Å². The summed E-state index contributed by atoms with van der Waals surface area (Å²) in [5, 5.41) is 0. The summed E-state index contributed by atoms with van der Waals surface area (Å²) in [5.74, 6) is 0. The van der Waals surface area contributed by atoms with Gasteiger partial charge in [-0.05, 0) is 24.3 Å². The summed E-state index contributed by atoms with van der Waals surface area (Å²) in [5.41, 5.74) is 7.66. The van der Waals surface area contributed by atoms with Crippen LogP contribution < -0.4 is 10.6 Å². The number of carbonyl (C=O) groups is 1. The molecule has 2 rings (SSSR count). The van der Waals surface area contributed by atoms with Gasteiger partial charge < -0.3 is 20.2 Å². The van der Waals surface area contributed by atoms with Crippen molar-refractivity contribution >= 4 is 18.2 Å². The number of benzene rings is 1. The third-order valence-electron chi connectivity index (χ3n) is 2.27. The van der Waals surface area contributed by atoms with Crippen molar-refractivity contribution in [1.29, 1.82) is 0 Å². The Balaban J connectivity index is 0.000000531. The van der Waals surface area contributed by atoms with Crippen molar-refractivity contribution in [3.8, 4) is 0 Å². The van der Waals surface area contributed by atoms with Gasteiger partial charge in [-0.1, -0.05) is 0 Å². The first-order chi connectivity index (χ1) is 7.36. The fourth-order valence-electron chi connectivity index (χ4n) is 1.51. The average molecular weight is 208 g/mol. The molecule has 4 nitrogen and oxygen atoms in total. The van der Waals surface area contributed by atoms with Crippen molar-refractivity contribution in [3.63, 3.8) is 0 Å². The van der Waals surface area contributed by atoms with E-state index in [0.717, 1.165) is 32.0 Å². The molecule has 1 aromatic carbocycles. The van der Waals surface area contributed by atoms with Gasteiger partial charge in [0.05, 0.1) is 13.2 Å². The Kier molecular flexibility index (Phi) is 4.63. The molecule has 0 bridgehead atoms. The number of nitrogens with zero attached hydrogens (tertiary/aromatic N) is 1. The molecule has 1 aromatic rings. The number of ether oxygens (including phenoxy) is 1. The molecular weight excluding hydrogens is 192 g/mol. The van der Waals surface area contributed by atoms with Crippen molar-refractivity contribution in [1.82, 2.24) is 0 Å². The van der Waals surface area contributed by atoms with E-state index in [1.165, 1.54) is 5.69 Å². The van der Waals surface area contributed by atoms with E-state index in [-0.39, 0.29) is 0 Å². The predicted molar refractivity (Wildman–Crippen MR) is 61.0 cm³/mol. The minimum atomic E-state index is 0.817. The van der Waals surface area contributed by atoms with Crippen LogP contribution >= 0.6 is 0 Å². The molecule has 1 fully saturated rings. The molecule has 1 heterocycles. The summed E-state index contributed by atoms with van der Waals surface area (Å²) < 4.78 is 5.28. The number of hydrogen-bond donors (Lipinski definition) is 1. The second-order valence-electron chi connectivity index (χ2n) is 3.19. The second-order valence-corrected chi connectivity index (χ2v) is 3.19. The number of morpholine rings is 1. The maximum absolute atomic E-state index is 8.00. The van der Waals surface area contributed by atoms with Crippen LogP contribution in [-0.2, 0) is 9.53 Å². The van der Waals surface area contributed by atoms with Crippen molar-refractivity contribution in [3.05, 3.63) is 24.3 Å². The molecule has 0 aliphatic carbocycles. The zero-order valence-corrected chi connectivity index (χ0v) is 8.69. The summed E-state index contributed by atoms with van der Waals surface area (Å²) in [4.78, 5) is 10.3. The van der Waals surface area contributed by atoms with E-state index >= 15 is 0 Å². The zero-order chi connectivity index (χ0) is 11.1. The molecule has 2 N–H and O–H groups in total. The van der Waals surface area contributed by atoms with Gasteiger partial charge in [-0.3, -0.25) is 0 Å². The van der Waals surface area contributed by atoms with E-state index in [1.54, 1.807) is 0 Å². The molecule has 0 atom stereocenters. The molecule has 0 radical (unpaired) electrons. The fourth-order valence-corrected chi connectivity index (χ4v) is 1.51. The Morgan fingerprint density at radius 3 is 2.20 bits per heavy atom. The molecule has 0 amide bonds. The second kappa shape index (κ2) is 6.03. The van der Waals surface area contributed by atoms with Gasteiger partial charge in [0, 0.05) is 24.5 Å². The molecule has 4 heteroatoms. The number of nitrogen functional groups attached to an aromatic ring is 1. The number of rotatable bonds is 1. The van der Waals surface area contributed by atoms with Gasteiger partial charge in [0.15, 0.2) is 0 Å². The Morgan fingerprint density at radius 2 is 1.67 bits per heavy atom. The van der Waals surface area contributed by atoms with Gasteiger partial charge >= 0.3 is 0 Å². The highest BCUT2D eigenvalue weighted by Gasteiger charge is 2.09. The first-order valence-corrected chi connectivity index (χ1v) is 4.83. The predicted octanol–water partition coefficient (Wildman–Crippen LogP) is 0.920. The van der Waals surface area contributed by atoms with Gasteiger partial charge in [0.25, 0.3) is 0 Å². The lowest BCUT2D eigenvalue weighted by Crippen LogP contribution is -2.36. The number of hydrogen-bond acceptors (Lipinski definition) is 4. The van der Waals surface area contributed by atoms with Crippen LogP contribution in [0, 0.1) is 0 Å². The Morgan fingerprint density at radius 1 is 1.13 bits per heavy atom. The summed E-state index contributed by atoms with van der Waals surface area (Å²) in [6, 6.07) is 7.98. The first-order valence-electron chi connectivity index (χ1n) is 4.83. The SMILES string of the molecule is C=O.Nc1ccc(N2CCOCC2)cc1. The van der Waals surface area contributed by atoms with E-state index in [1.807, 2.05) is 18.9 Å². The molecule has 82 valence electrons. The summed E-state index contributed by atoms with van der Waals surface area (Å²) in [6.07, 6.45) is 0. The number of anilines is 2. The molecule has 0 unspecified atom stereocenters. The quantitative estimate of drug-likeness (QED) is 0.697. The van der Waals surface area contributed by atoms with E-state index in [0.29, 0.717) is 0 Å². The van der Waals surface area contributed by atoms with Gasteiger partial charge in [-0.25, -0.2) is 0 Å². The molecule has 15 heavy (non-hydrogen) atoms. The lowest BCUT2D eigenvalue weighted by molar-refractivity contribution is -0.0979. The normalized spacial score (nSPS) is 15.3.